The number of carbonyl (C=O) groups excluding carboxylic acids is 1. The maximum atomic E-state index is 16.1. The molecule has 5 nitrogen and oxygen atoms in total. The molecule has 4 aliphatic carbocycles. The zero-order valence-electron chi connectivity index (χ0n) is 30.1. The number of carbonyl (C=O) groups is 1. The summed E-state index contributed by atoms with van der Waals surface area (Å²) in [5.41, 5.74) is -0.345. The van der Waals surface area contributed by atoms with Crippen LogP contribution < -0.4 is 0 Å². The van der Waals surface area contributed by atoms with E-state index in [-0.39, 0.29) is 54.8 Å². The fraction of sp³-hybridized carbons (Fsp3) is 0.605. The lowest BCUT2D eigenvalue weighted by Crippen LogP contribution is -2.68. The Morgan fingerprint density at radius 3 is 2.22 bits per heavy atom. The topological polar surface area (TPSA) is 65.0 Å². The van der Waals surface area contributed by atoms with E-state index in [0.29, 0.717) is 32.0 Å². The number of alkyl halides is 3. The molecule has 1 N–H and O–H groups in total. The normalized spacial score (nSPS) is 34.1. The second-order valence-corrected chi connectivity index (χ2v) is 16.4. The maximum Gasteiger partial charge on any atom is 0.389 e. The summed E-state index contributed by atoms with van der Waals surface area (Å²) < 4.78 is 59.6. The molecule has 1 aliphatic heterocycles. The molecule has 9 atom stereocenters. The van der Waals surface area contributed by atoms with Crippen LogP contribution in [0.25, 0.3) is 0 Å². The van der Waals surface area contributed by atoms with Crippen molar-refractivity contribution in [3.05, 3.63) is 96.1 Å². The zero-order chi connectivity index (χ0) is 36.2. The van der Waals surface area contributed by atoms with E-state index < -0.39 is 47.3 Å². The molecule has 8 heteroatoms. The van der Waals surface area contributed by atoms with E-state index in [0.717, 1.165) is 29.5 Å². The van der Waals surface area contributed by atoms with E-state index in [1.54, 1.807) is 6.08 Å². The van der Waals surface area contributed by atoms with Gasteiger partial charge in [0.25, 0.3) is 0 Å². The van der Waals surface area contributed by atoms with Gasteiger partial charge in [-0.25, -0.2) is 0 Å². The summed E-state index contributed by atoms with van der Waals surface area (Å²) >= 11 is 0. The lowest BCUT2D eigenvalue weighted by Gasteiger charge is -2.63. The average Bonchev–Trinajstić information content (AvgIpc) is 3.88. The molecular weight excluding hydrogens is 653 g/mol. The Labute approximate surface area is 300 Å². The minimum absolute atomic E-state index is 0.0422. The van der Waals surface area contributed by atoms with E-state index in [1.165, 1.54) is 0 Å². The van der Waals surface area contributed by atoms with Crippen LogP contribution in [-0.2, 0) is 19.0 Å². The van der Waals surface area contributed by atoms with Gasteiger partial charge in [-0.3, -0.25) is 4.79 Å². The van der Waals surface area contributed by atoms with Gasteiger partial charge in [0.1, 0.15) is 5.41 Å². The van der Waals surface area contributed by atoms with Crippen molar-refractivity contribution >= 4 is 5.97 Å². The molecule has 1 heterocycles. The third-order valence-electron chi connectivity index (χ3n) is 13.7. The summed E-state index contributed by atoms with van der Waals surface area (Å²) in [7, 11) is 0. The van der Waals surface area contributed by atoms with Crippen molar-refractivity contribution in [3.8, 4) is 0 Å². The van der Waals surface area contributed by atoms with Gasteiger partial charge in [0.05, 0.1) is 19.3 Å². The predicted molar refractivity (Wildman–Crippen MR) is 189 cm³/mol. The van der Waals surface area contributed by atoms with E-state index >= 15 is 4.79 Å². The van der Waals surface area contributed by atoms with Crippen LogP contribution in [0, 0.1) is 51.8 Å². The van der Waals surface area contributed by atoms with Gasteiger partial charge in [-0.15, -0.1) is 6.58 Å². The predicted octanol–water partition coefficient (Wildman–Crippen LogP) is 9.62. The summed E-state index contributed by atoms with van der Waals surface area (Å²) in [6.07, 6.45) is 0.137. The molecule has 2 aromatic rings. The molecular formula is C43H53F3O5. The second kappa shape index (κ2) is 13.8. The van der Waals surface area contributed by atoms with Crippen molar-refractivity contribution in [2.24, 2.45) is 51.8 Å². The van der Waals surface area contributed by atoms with Crippen molar-refractivity contribution in [2.75, 3.05) is 13.2 Å². The Morgan fingerprint density at radius 2 is 1.65 bits per heavy atom. The number of aliphatic hydroxyl groups is 1. The van der Waals surface area contributed by atoms with Crippen molar-refractivity contribution in [1.29, 1.82) is 0 Å². The maximum absolute atomic E-state index is 16.1. The largest absolute Gasteiger partial charge is 0.452 e. The van der Waals surface area contributed by atoms with Crippen LogP contribution in [0.3, 0.4) is 0 Å². The van der Waals surface area contributed by atoms with Gasteiger partial charge in [0.2, 0.25) is 0 Å². The van der Waals surface area contributed by atoms with E-state index in [2.05, 4.69) is 33.4 Å². The summed E-state index contributed by atoms with van der Waals surface area (Å²) in [6.45, 7) is 11.4. The monoisotopic (exact) mass is 706 g/mol. The average molecular weight is 707 g/mol. The van der Waals surface area contributed by atoms with E-state index in [9.17, 15) is 18.3 Å². The highest BCUT2D eigenvalue weighted by atomic mass is 19.4. The molecule has 276 valence electrons. The third kappa shape index (κ3) is 5.65. The van der Waals surface area contributed by atoms with E-state index in [4.69, 9.17) is 14.2 Å². The smallest absolute Gasteiger partial charge is 0.389 e. The SMILES string of the molecule is C=CC(CCCC(F)(F)F)CC(O)C12C[C@@H]3[C@H](C)CC[C@H]3C3(C4OCCO4)CC1C=C(C(C)C)C23C(=O)OC(c1ccccc1)c1ccccc1. The van der Waals surface area contributed by atoms with Crippen LogP contribution in [0.1, 0.15) is 89.4 Å². The number of hydrogen-bond donors (Lipinski definition) is 1. The lowest BCUT2D eigenvalue weighted by molar-refractivity contribution is -0.255. The van der Waals surface area contributed by atoms with Crippen LogP contribution in [-0.4, -0.2) is 42.9 Å². The number of fused-ring (bicyclic) bond motifs is 2. The molecule has 0 amide bonds. The van der Waals surface area contributed by atoms with Crippen molar-refractivity contribution in [2.45, 2.75) is 96.8 Å². The Morgan fingerprint density at radius 1 is 1.02 bits per heavy atom. The van der Waals surface area contributed by atoms with Gasteiger partial charge in [-0.05, 0) is 85.2 Å². The summed E-state index contributed by atoms with van der Waals surface area (Å²) in [6, 6.07) is 19.6. The number of rotatable bonds is 13. The van der Waals surface area contributed by atoms with Crippen LogP contribution in [0.5, 0.6) is 0 Å². The van der Waals surface area contributed by atoms with Gasteiger partial charge >= 0.3 is 12.1 Å². The van der Waals surface area contributed by atoms with Crippen molar-refractivity contribution < 1.29 is 37.3 Å². The Kier molecular flexibility index (Phi) is 9.85. The minimum Gasteiger partial charge on any atom is -0.452 e. The van der Waals surface area contributed by atoms with Crippen molar-refractivity contribution in [3.63, 3.8) is 0 Å². The van der Waals surface area contributed by atoms with Gasteiger partial charge in [-0.2, -0.15) is 13.2 Å². The van der Waals surface area contributed by atoms with Crippen LogP contribution in [0.4, 0.5) is 13.2 Å². The molecule has 6 unspecified atom stereocenters. The fourth-order valence-electron chi connectivity index (χ4n) is 11.9. The van der Waals surface area contributed by atoms with Gasteiger partial charge in [-0.1, -0.05) is 106 Å². The molecule has 4 fully saturated rings. The molecule has 5 aliphatic rings. The van der Waals surface area contributed by atoms with Crippen molar-refractivity contribution in [1.82, 2.24) is 0 Å². The number of allylic oxidation sites excluding steroid dienone is 2. The molecule has 51 heavy (non-hydrogen) atoms. The number of esters is 1. The van der Waals surface area contributed by atoms with Crippen LogP contribution in [0.2, 0.25) is 0 Å². The van der Waals surface area contributed by atoms with E-state index in [1.807, 2.05) is 60.7 Å². The molecule has 0 spiro atoms. The summed E-state index contributed by atoms with van der Waals surface area (Å²) in [5.74, 6) is -0.187. The fourth-order valence-corrected chi connectivity index (χ4v) is 11.9. The summed E-state index contributed by atoms with van der Waals surface area (Å²) in [4.78, 5) is 16.1. The first kappa shape index (κ1) is 36.4. The first-order valence-corrected chi connectivity index (χ1v) is 19.0. The number of aliphatic hydroxyl groups excluding tert-OH is 1. The molecule has 4 bridgehead atoms. The Bertz CT molecular complexity index is 1550. The molecule has 1 saturated heterocycles. The quantitative estimate of drug-likeness (QED) is 0.166. The first-order valence-electron chi connectivity index (χ1n) is 19.0. The number of benzene rings is 2. The van der Waals surface area contributed by atoms with Gasteiger partial charge in [0.15, 0.2) is 12.4 Å². The first-order chi connectivity index (χ1) is 24.4. The standard InChI is InChI=1S/C43H53F3O5/c1-5-29(13-12-20-42(44,45)46)23-36(47)40-26-33-28(4)18-19-34(33)41(39-49-21-22-50-39)25-32(40)24-35(27(2)3)43(40,41)38(48)51-37(30-14-8-6-9-15-30)31-16-10-7-11-17-31/h5-11,14-17,24,27-29,32-34,36-37,39,47H,1,12-13,18-23,25-26H2,2-4H3/t28-,29?,32?,33-,34-,36?,40?,41?,43?/m1/s1. The number of hydrogen-bond acceptors (Lipinski definition) is 5. The minimum atomic E-state index is -4.25. The molecule has 0 aromatic heterocycles. The molecule has 3 saturated carbocycles. The van der Waals surface area contributed by atoms with Crippen LogP contribution >= 0.6 is 0 Å². The Hall–Kier alpha value is -2.94. The highest BCUT2D eigenvalue weighted by molar-refractivity contribution is 5.87. The third-order valence-corrected chi connectivity index (χ3v) is 13.7. The molecule has 0 radical (unpaired) electrons. The van der Waals surface area contributed by atoms with Gasteiger partial charge in [0, 0.05) is 17.3 Å². The molecule has 2 aromatic carbocycles. The Balaban J connectivity index is 1.40. The highest BCUT2D eigenvalue weighted by Crippen LogP contribution is 2.85. The van der Waals surface area contributed by atoms with Gasteiger partial charge < -0.3 is 19.3 Å². The highest BCUT2D eigenvalue weighted by Gasteiger charge is 2.88. The molecule has 7 rings (SSSR count). The zero-order valence-corrected chi connectivity index (χ0v) is 30.1. The number of ether oxygens (including phenoxy) is 3. The summed E-state index contributed by atoms with van der Waals surface area (Å²) in [5, 5.41) is 12.9. The van der Waals surface area contributed by atoms with Crippen LogP contribution in [0.15, 0.2) is 85.0 Å². The second-order valence-electron chi connectivity index (χ2n) is 16.4. The number of halogens is 3. The lowest BCUT2D eigenvalue weighted by atomic mass is 9.40.